The van der Waals surface area contributed by atoms with Crippen LogP contribution in [0.25, 0.3) is 0 Å². The zero-order chi connectivity index (χ0) is 14.0. The molecule has 2 rings (SSSR count). The highest BCUT2D eigenvalue weighted by Gasteiger charge is 2.43. The first-order valence-corrected chi connectivity index (χ1v) is 6.74. The number of aromatic carboxylic acids is 1. The highest BCUT2D eigenvalue weighted by molar-refractivity contribution is 5.86. The molecule has 1 heterocycles. The average Bonchev–Trinajstić information content (AvgIpc) is 3.00. The second-order valence-electron chi connectivity index (χ2n) is 5.94. The van der Waals surface area contributed by atoms with Crippen LogP contribution in [0.3, 0.4) is 0 Å². The van der Waals surface area contributed by atoms with Crippen LogP contribution in [0.15, 0.2) is 0 Å². The first kappa shape index (κ1) is 14.0. The number of nitrogens with zero attached hydrogens (tertiary/aromatic N) is 3. The molecule has 19 heavy (non-hydrogen) atoms. The Balaban J connectivity index is 2.19. The fourth-order valence-corrected chi connectivity index (χ4v) is 2.16. The van der Waals surface area contributed by atoms with Crippen molar-refractivity contribution in [1.82, 2.24) is 15.0 Å². The minimum absolute atomic E-state index is 0.0504. The zero-order valence-electron chi connectivity index (χ0n) is 11.5. The summed E-state index contributed by atoms with van der Waals surface area (Å²) in [6, 6.07) is 0. The van der Waals surface area contributed by atoms with Gasteiger partial charge in [0.2, 0.25) is 0 Å². The monoisotopic (exact) mass is 267 g/mol. The third kappa shape index (κ3) is 3.12. The third-order valence-electron chi connectivity index (χ3n) is 3.78. The van der Waals surface area contributed by atoms with Crippen LogP contribution in [-0.4, -0.2) is 37.8 Å². The van der Waals surface area contributed by atoms with Crippen molar-refractivity contribution in [3.63, 3.8) is 0 Å². The molecule has 0 amide bonds. The van der Waals surface area contributed by atoms with Crippen molar-refractivity contribution >= 4 is 5.97 Å². The molecule has 1 fully saturated rings. The fourth-order valence-electron chi connectivity index (χ4n) is 2.16. The van der Waals surface area contributed by atoms with E-state index in [1.807, 2.05) is 0 Å². The van der Waals surface area contributed by atoms with Gasteiger partial charge in [0.15, 0.2) is 5.69 Å². The number of aromatic nitrogens is 3. The fraction of sp³-hybridized carbons (Fsp3) is 0.769. The summed E-state index contributed by atoms with van der Waals surface area (Å²) < 4.78 is 1.68. The van der Waals surface area contributed by atoms with Gasteiger partial charge in [0.1, 0.15) is 0 Å². The molecule has 0 radical (unpaired) electrons. The van der Waals surface area contributed by atoms with E-state index in [1.54, 1.807) is 4.68 Å². The molecule has 1 aliphatic rings. The molecule has 0 atom stereocenters. The van der Waals surface area contributed by atoms with E-state index in [0.29, 0.717) is 24.6 Å². The van der Waals surface area contributed by atoms with Gasteiger partial charge in [0.25, 0.3) is 0 Å². The van der Waals surface area contributed by atoms with Gasteiger partial charge in [-0.25, -0.2) is 9.48 Å². The van der Waals surface area contributed by atoms with E-state index >= 15 is 0 Å². The second kappa shape index (κ2) is 5.28. The summed E-state index contributed by atoms with van der Waals surface area (Å²) in [6.45, 7) is 4.89. The van der Waals surface area contributed by atoms with Gasteiger partial charge in [-0.2, -0.15) is 0 Å². The van der Waals surface area contributed by atoms with E-state index in [1.165, 1.54) is 0 Å². The van der Waals surface area contributed by atoms with Crippen LogP contribution in [0.2, 0.25) is 0 Å². The van der Waals surface area contributed by atoms with E-state index < -0.39 is 5.97 Å². The molecule has 0 bridgehead atoms. The van der Waals surface area contributed by atoms with Gasteiger partial charge >= 0.3 is 5.97 Å². The molecule has 0 unspecified atom stereocenters. The third-order valence-corrected chi connectivity index (χ3v) is 3.78. The number of carboxylic acid groups (broad SMARTS) is 1. The van der Waals surface area contributed by atoms with Gasteiger partial charge < -0.3 is 10.2 Å². The minimum atomic E-state index is -1.03. The predicted molar refractivity (Wildman–Crippen MR) is 68.9 cm³/mol. The zero-order valence-corrected chi connectivity index (χ0v) is 11.5. The maximum Gasteiger partial charge on any atom is 0.358 e. The van der Waals surface area contributed by atoms with E-state index in [9.17, 15) is 9.90 Å². The molecule has 0 saturated heterocycles. The molecule has 0 spiro atoms. The number of aliphatic hydroxyl groups excluding tert-OH is 1. The van der Waals surface area contributed by atoms with Crippen LogP contribution >= 0.6 is 0 Å². The Bertz CT molecular complexity index is 464. The van der Waals surface area contributed by atoms with Crippen molar-refractivity contribution in [3.05, 3.63) is 11.4 Å². The number of hydrogen-bond acceptors (Lipinski definition) is 4. The molecular weight excluding hydrogens is 246 g/mol. The van der Waals surface area contributed by atoms with Gasteiger partial charge in [0.05, 0.1) is 18.8 Å². The number of carbonyl (C=O) groups is 1. The molecule has 0 aromatic carbocycles. The first-order chi connectivity index (χ1) is 8.97. The summed E-state index contributed by atoms with van der Waals surface area (Å²) in [5.74, 6) is -0.531. The lowest BCUT2D eigenvalue weighted by Gasteiger charge is -2.14. The largest absolute Gasteiger partial charge is 0.476 e. The van der Waals surface area contributed by atoms with E-state index in [-0.39, 0.29) is 17.7 Å². The summed E-state index contributed by atoms with van der Waals surface area (Å²) in [4.78, 5) is 11.2. The van der Waals surface area contributed by atoms with Gasteiger partial charge in [0, 0.05) is 5.41 Å². The molecule has 1 aromatic rings. The maximum absolute atomic E-state index is 11.2. The Labute approximate surface area is 112 Å². The quantitative estimate of drug-likeness (QED) is 0.778. The lowest BCUT2D eigenvalue weighted by atomic mass is 10.0. The molecule has 2 N–H and O–H groups in total. The van der Waals surface area contributed by atoms with Crippen LogP contribution < -0.4 is 0 Å². The van der Waals surface area contributed by atoms with Crippen LogP contribution in [-0.2, 0) is 13.0 Å². The minimum Gasteiger partial charge on any atom is -0.476 e. The molecule has 1 saturated carbocycles. The topological polar surface area (TPSA) is 88.2 Å². The van der Waals surface area contributed by atoms with Gasteiger partial charge in [-0.1, -0.05) is 19.1 Å². The van der Waals surface area contributed by atoms with Gasteiger partial charge in [-0.05, 0) is 31.6 Å². The molecule has 1 aliphatic carbocycles. The molecular formula is C13H21N3O3. The lowest BCUT2D eigenvalue weighted by molar-refractivity contribution is 0.0689. The predicted octanol–water partition coefficient (Wildman–Crippen LogP) is 1.34. The Hall–Kier alpha value is -1.43. The Kier molecular flexibility index (Phi) is 3.89. The lowest BCUT2D eigenvalue weighted by Crippen LogP contribution is -2.19. The summed E-state index contributed by atoms with van der Waals surface area (Å²) in [6.07, 6.45) is 3.50. The first-order valence-electron chi connectivity index (χ1n) is 6.74. The van der Waals surface area contributed by atoms with E-state index in [0.717, 1.165) is 19.3 Å². The summed E-state index contributed by atoms with van der Waals surface area (Å²) in [5, 5.41) is 26.2. The smallest absolute Gasteiger partial charge is 0.358 e. The number of hydrogen-bond donors (Lipinski definition) is 2. The van der Waals surface area contributed by atoms with Crippen molar-refractivity contribution in [2.45, 2.75) is 46.1 Å². The maximum atomic E-state index is 11.2. The van der Waals surface area contributed by atoms with Crippen molar-refractivity contribution in [2.24, 2.45) is 11.3 Å². The van der Waals surface area contributed by atoms with E-state index in [2.05, 4.69) is 24.2 Å². The standard InChI is InChI=1S/C13H21N3O3/c1-9(2)3-4-10-11(12(18)19)14-15-16(10)7-13(8-17)5-6-13/h9,17H,3-8H2,1-2H3,(H,18,19). The average molecular weight is 267 g/mol. The number of rotatable bonds is 7. The molecule has 0 aliphatic heterocycles. The highest BCUT2D eigenvalue weighted by Crippen LogP contribution is 2.46. The molecule has 106 valence electrons. The van der Waals surface area contributed by atoms with Gasteiger partial charge in [-0.15, -0.1) is 5.10 Å². The Morgan fingerprint density at radius 2 is 2.16 bits per heavy atom. The normalized spacial score (nSPS) is 16.8. The molecule has 6 nitrogen and oxygen atoms in total. The summed E-state index contributed by atoms with van der Waals surface area (Å²) in [5.41, 5.74) is 0.631. The number of aliphatic hydroxyl groups is 1. The second-order valence-corrected chi connectivity index (χ2v) is 5.94. The summed E-state index contributed by atoms with van der Waals surface area (Å²) >= 11 is 0. The van der Waals surface area contributed by atoms with Crippen molar-refractivity contribution in [1.29, 1.82) is 0 Å². The molecule has 6 heteroatoms. The van der Waals surface area contributed by atoms with Crippen molar-refractivity contribution < 1.29 is 15.0 Å². The number of carboxylic acids is 1. The molecule has 1 aromatic heterocycles. The van der Waals surface area contributed by atoms with Crippen LogP contribution in [0.1, 0.15) is 49.3 Å². The highest BCUT2D eigenvalue weighted by atomic mass is 16.4. The van der Waals surface area contributed by atoms with Crippen molar-refractivity contribution in [3.8, 4) is 0 Å². The van der Waals surface area contributed by atoms with Crippen LogP contribution in [0, 0.1) is 11.3 Å². The van der Waals surface area contributed by atoms with Gasteiger partial charge in [-0.3, -0.25) is 0 Å². The SMILES string of the molecule is CC(C)CCc1c(C(=O)O)nnn1CC1(CO)CC1. The Morgan fingerprint density at radius 1 is 1.47 bits per heavy atom. The Morgan fingerprint density at radius 3 is 2.63 bits per heavy atom. The summed E-state index contributed by atoms with van der Waals surface area (Å²) in [7, 11) is 0. The van der Waals surface area contributed by atoms with Crippen LogP contribution in [0.4, 0.5) is 0 Å². The van der Waals surface area contributed by atoms with Crippen molar-refractivity contribution in [2.75, 3.05) is 6.61 Å². The van der Waals surface area contributed by atoms with E-state index in [4.69, 9.17) is 5.11 Å². The van der Waals surface area contributed by atoms with Crippen LogP contribution in [0.5, 0.6) is 0 Å².